The molecule has 2 nitrogen and oxygen atoms in total. The van der Waals surface area contributed by atoms with Crippen LogP contribution < -0.4 is 9.31 Å². The van der Waals surface area contributed by atoms with Crippen LogP contribution in [-0.2, 0) is 0 Å². The van der Waals surface area contributed by atoms with Crippen molar-refractivity contribution in [2.45, 2.75) is 51.8 Å². The Kier molecular flexibility index (Phi) is 5.86. The van der Waals surface area contributed by atoms with Crippen LogP contribution in [0, 0.1) is 0 Å². The van der Waals surface area contributed by atoms with Gasteiger partial charge < -0.3 is 9.31 Å². The van der Waals surface area contributed by atoms with Gasteiger partial charge >= 0.3 is 7.12 Å². The minimum absolute atomic E-state index is 0.0820. The molecular weight excluding hydrogens is 235 g/mol. The fraction of sp³-hybridized carbons (Fsp3) is 0.500. The maximum atomic E-state index is 5.73. The summed E-state index contributed by atoms with van der Waals surface area (Å²) in [5, 5.41) is 0. The Hall–Kier alpha value is -1.38. The second kappa shape index (κ2) is 7.93. The van der Waals surface area contributed by atoms with Crippen LogP contribution in [0.3, 0.4) is 0 Å². The van der Waals surface area contributed by atoms with E-state index in [1.54, 1.807) is 0 Å². The van der Waals surface area contributed by atoms with Crippen LogP contribution >= 0.6 is 0 Å². The lowest BCUT2D eigenvalue weighted by Crippen LogP contribution is -2.23. The fourth-order valence-corrected chi connectivity index (χ4v) is 2.20. The minimum atomic E-state index is -0.0820. The van der Waals surface area contributed by atoms with E-state index in [9.17, 15) is 0 Å². The Labute approximate surface area is 117 Å². The molecule has 1 aromatic rings. The molecule has 0 radical (unpaired) electrons. The van der Waals surface area contributed by atoms with Gasteiger partial charge in [-0.1, -0.05) is 56.9 Å². The van der Waals surface area contributed by atoms with Crippen LogP contribution in [0.15, 0.2) is 36.4 Å². The Morgan fingerprint density at radius 2 is 1.58 bits per heavy atom. The summed E-state index contributed by atoms with van der Waals surface area (Å²) in [6.07, 6.45) is 12.9. The second-order valence-corrected chi connectivity index (χ2v) is 5.01. The van der Waals surface area contributed by atoms with Gasteiger partial charge in [-0.2, -0.15) is 0 Å². The third-order valence-corrected chi connectivity index (χ3v) is 3.32. The Bertz CT molecular complexity index is 378. The number of fused-ring (bicyclic) bond motifs is 1. The maximum absolute atomic E-state index is 5.73. The van der Waals surface area contributed by atoms with E-state index >= 15 is 0 Å². The first-order valence-corrected chi connectivity index (χ1v) is 7.47. The van der Waals surface area contributed by atoms with Gasteiger partial charge in [0.15, 0.2) is 0 Å². The average molecular weight is 258 g/mol. The Morgan fingerprint density at radius 3 is 2.21 bits per heavy atom. The lowest BCUT2D eigenvalue weighted by Gasteiger charge is -2.03. The van der Waals surface area contributed by atoms with Crippen LogP contribution in [0.2, 0.25) is 6.32 Å². The summed E-state index contributed by atoms with van der Waals surface area (Å²) in [6.45, 7) is 2.23. The normalized spacial score (nSPS) is 13.4. The van der Waals surface area contributed by atoms with Gasteiger partial charge in [-0.05, 0) is 25.0 Å². The van der Waals surface area contributed by atoms with Crippen LogP contribution in [-0.4, -0.2) is 7.12 Å². The largest absolute Gasteiger partial charge is 0.594 e. The molecule has 1 aliphatic rings. The first kappa shape index (κ1) is 14.0. The Morgan fingerprint density at radius 1 is 0.947 bits per heavy atom. The van der Waals surface area contributed by atoms with E-state index in [0.29, 0.717) is 0 Å². The van der Waals surface area contributed by atoms with Gasteiger partial charge in [-0.3, -0.25) is 0 Å². The van der Waals surface area contributed by atoms with Gasteiger partial charge in [0.2, 0.25) is 0 Å². The van der Waals surface area contributed by atoms with Crippen molar-refractivity contribution in [2.75, 3.05) is 0 Å². The number of hydrogen-bond acceptors (Lipinski definition) is 2. The molecule has 0 saturated carbocycles. The molecule has 0 fully saturated rings. The zero-order valence-corrected chi connectivity index (χ0v) is 11.8. The van der Waals surface area contributed by atoms with Crippen molar-refractivity contribution in [1.29, 1.82) is 0 Å². The predicted octanol–water partition coefficient (Wildman–Crippen LogP) is 4.86. The lowest BCUT2D eigenvalue weighted by atomic mass is 9.82. The first-order chi connectivity index (χ1) is 9.40. The SMILES string of the molecule is CCCC/C=C/CCCCB1Oc2ccccc2O1. The van der Waals surface area contributed by atoms with Crippen molar-refractivity contribution >= 4 is 7.12 Å². The molecule has 0 spiro atoms. The molecule has 3 heteroatoms. The van der Waals surface area contributed by atoms with Crippen molar-refractivity contribution in [3.05, 3.63) is 36.4 Å². The highest BCUT2D eigenvalue weighted by atomic mass is 16.6. The zero-order valence-electron chi connectivity index (χ0n) is 11.8. The van der Waals surface area contributed by atoms with Gasteiger partial charge in [-0.25, -0.2) is 0 Å². The van der Waals surface area contributed by atoms with Gasteiger partial charge in [0.25, 0.3) is 0 Å². The van der Waals surface area contributed by atoms with Crippen molar-refractivity contribution in [1.82, 2.24) is 0 Å². The van der Waals surface area contributed by atoms with E-state index in [1.807, 2.05) is 24.3 Å². The van der Waals surface area contributed by atoms with Crippen LogP contribution in [0.4, 0.5) is 0 Å². The van der Waals surface area contributed by atoms with Gasteiger partial charge in [0.05, 0.1) is 0 Å². The summed E-state index contributed by atoms with van der Waals surface area (Å²) in [5.41, 5.74) is 0. The summed E-state index contributed by atoms with van der Waals surface area (Å²) in [4.78, 5) is 0. The van der Waals surface area contributed by atoms with Crippen LogP contribution in [0.5, 0.6) is 11.5 Å². The fourth-order valence-electron chi connectivity index (χ4n) is 2.20. The van der Waals surface area contributed by atoms with Crippen molar-refractivity contribution in [2.24, 2.45) is 0 Å². The van der Waals surface area contributed by atoms with E-state index in [4.69, 9.17) is 9.31 Å². The first-order valence-electron chi connectivity index (χ1n) is 7.47. The summed E-state index contributed by atoms with van der Waals surface area (Å²) in [6, 6.07) is 7.88. The van der Waals surface area contributed by atoms with Crippen molar-refractivity contribution in [3.63, 3.8) is 0 Å². The molecule has 102 valence electrons. The molecule has 1 aliphatic heterocycles. The topological polar surface area (TPSA) is 18.5 Å². The van der Waals surface area contributed by atoms with Gasteiger partial charge in [0.1, 0.15) is 11.5 Å². The molecular formula is C16H23BO2. The molecule has 0 unspecified atom stereocenters. The van der Waals surface area contributed by atoms with Gasteiger partial charge in [0, 0.05) is 6.32 Å². The summed E-state index contributed by atoms with van der Waals surface area (Å²) in [7, 11) is -0.0820. The standard InChI is InChI=1S/C16H23BO2/c1-2-3-4-5-6-7-8-11-14-17-18-15-12-9-10-13-16(15)19-17/h5-6,9-10,12-13H,2-4,7-8,11,14H2,1H3/b6-5+. The molecule has 0 aromatic heterocycles. The van der Waals surface area contributed by atoms with Gasteiger partial charge in [-0.15, -0.1) is 0 Å². The average Bonchev–Trinajstić information content (AvgIpc) is 2.84. The monoisotopic (exact) mass is 258 g/mol. The van der Waals surface area contributed by atoms with Crippen LogP contribution in [0.25, 0.3) is 0 Å². The van der Waals surface area contributed by atoms with Crippen LogP contribution in [0.1, 0.15) is 45.4 Å². The Balaban J connectivity index is 1.55. The van der Waals surface area contributed by atoms with E-state index in [0.717, 1.165) is 24.2 Å². The number of rotatable bonds is 8. The number of hydrogen-bond donors (Lipinski definition) is 0. The van der Waals surface area contributed by atoms with E-state index in [-0.39, 0.29) is 7.12 Å². The molecule has 2 rings (SSSR count). The maximum Gasteiger partial charge on any atom is 0.594 e. The van der Waals surface area contributed by atoms with E-state index in [1.165, 1.54) is 32.1 Å². The van der Waals surface area contributed by atoms with E-state index < -0.39 is 0 Å². The number of unbranched alkanes of at least 4 members (excludes halogenated alkanes) is 4. The predicted molar refractivity (Wildman–Crippen MR) is 80.8 cm³/mol. The van der Waals surface area contributed by atoms with Crippen molar-refractivity contribution < 1.29 is 9.31 Å². The molecule has 19 heavy (non-hydrogen) atoms. The molecule has 0 atom stereocenters. The number of allylic oxidation sites excluding steroid dienone is 2. The van der Waals surface area contributed by atoms with Crippen molar-refractivity contribution in [3.8, 4) is 11.5 Å². The minimum Gasteiger partial charge on any atom is -0.523 e. The highest BCUT2D eigenvalue weighted by molar-refractivity contribution is 6.47. The molecule has 1 aromatic carbocycles. The zero-order chi connectivity index (χ0) is 13.3. The number of benzene rings is 1. The smallest absolute Gasteiger partial charge is 0.523 e. The molecule has 0 amide bonds. The lowest BCUT2D eigenvalue weighted by molar-refractivity contribution is 0.491. The summed E-state index contributed by atoms with van der Waals surface area (Å²) in [5.74, 6) is 1.76. The molecule has 0 aliphatic carbocycles. The second-order valence-electron chi connectivity index (χ2n) is 5.01. The third kappa shape index (κ3) is 4.66. The summed E-state index contributed by atoms with van der Waals surface area (Å²) < 4.78 is 11.5. The highest BCUT2D eigenvalue weighted by Crippen LogP contribution is 2.33. The third-order valence-electron chi connectivity index (χ3n) is 3.32. The number of para-hydroxylation sites is 2. The molecule has 0 N–H and O–H groups in total. The summed E-state index contributed by atoms with van der Waals surface area (Å²) >= 11 is 0. The quantitative estimate of drug-likeness (QED) is 0.376. The van der Waals surface area contributed by atoms with E-state index in [2.05, 4.69) is 19.1 Å². The molecule has 1 heterocycles. The molecule has 0 saturated heterocycles. The molecule has 0 bridgehead atoms. The highest BCUT2D eigenvalue weighted by Gasteiger charge is 2.30.